The lowest BCUT2D eigenvalue weighted by molar-refractivity contribution is 0.305. The van der Waals surface area contributed by atoms with E-state index in [1.54, 1.807) is 24.9 Å². The number of pyridine rings is 1. The van der Waals surface area contributed by atoms with Gasteiger partial charge in [-0.3, -0.25) is 4.98 Å². The van der Waals surface area contributed by atoms with Gasteiger partial charge in [0, 0.05) is 36.0 Å². The largest absolute Gasteiger partial charge is 0.489 e. The number of rotatable bonds is 4. The molecule has 2 heterocycles. The van der Waals surface area contributed by atoms with Crippen molar-refractivity contribution in [2.24, 2.45) is 0 Å². The van der Waals surface area contributed by atoms with Crippen molar-refractivity contribution >= 4 is 0 Å². The first-order chi connectivity index (χ1) is 9.42. The van der Waals surface area contributed by atoms with E-state index in [2.05, 4.69) is 9.97 Å². The lowest BCUT2D eigenvalue weighted by Crippen LogP contribution is -1.96. The molecule has 3 aromatic rings. The summed E-state index contributed by atoms with van der Waals surface area (Å²) < 4.78 is 7.65. The third-order valence-corrected chi connectivity index (χ3v) is 2.77. The topological polar surface area (TPSA) is 39.9 Å². The molecule has 0 aliphatic rings. The van der Waals surface area contributed by atoms with Crippen molar-refractivity contribution in [3.8, 4) is 11.4 Å². The van der Waals surface area contributed by atoms with Crippen molar-refractivity contribution < 1.29 is 4.74 Å². The standard InChI is InChI=1S/C15H13N3O/c1-2-13(10-16-7-1)11-19-15-5-3-14(4-6-15)18-9-8-17-12-18/h1-10,12H,11H2. The fourth-order valence-electron chi connectivity index (χ4n) is 1.78. The highest BCUT2D eigenvalue weighted by Crippen LogP contribution is 2.16. The molecule has 0 saturated carbocycles. The van der Waals surface area contributed by atoms with E-state index in [1.807, 2.05) is 47.2 Å². The van der Waals surface area contributed by atoms with Gasteiger partial charge in [0.1, 0.15) is 12.4 Å². The van der Waals surface area contributed by atoms with Gasteiger partial charge in [-0.1, -0.05) is 6.07 Å². The van der Waals surface area contributed by atoms with Crippen LogP contribution >= 0.6 is 0 Å². The molecule has 0 aliphatic heterocycles. The Kier molecular flexibility index (Phi) is 3.23. The summed E-state index contributed by atoms with van der Waals surface area (Å²) >= 11 is 0. The van der Waals surface area contributed by atoms with Crippen LogP contribution in [0.4, 0.5) is 0 Å². The number of hydrogen-bond donors (Lipinski definition) is 0. The van der Waals surface area contributed by atoms with Gasteiger partial charge in [0.15, 0.2) is 0 Å². The molecule has 0 unspecified atom stereocenters. The molecule has 4 heteroatoms. The van der Waals surface area contributed by atoms with E-state index in [1.165, 1.54) is 0 Å². The molecule has 3 rings (SSSR count). The van der Waals surface area contributed by atoms with Crippen LogP contribution < -0.4 is 4.74 Å². The lowest BCUT2D eigenvalue weighted by Gasteiger charge is -2.07. The van der Waals surface area contributed by atoms with Gasteiger partial charge in [-0.2, -0.15) is 0 Å². The molecule has 4 nitrogen and oxygen atoms in total. The molecule has 0 spiro atoms. The summed E-state index contributed by atoms with van der Waals surface area (Å²) in [6, 6.07) is 11.8. The van der Waals surface area contributed by atoms with Crippen molar-refractivity contribution in [2.45, 2.75) is 6.61 Å². The molecule has 94 valence electrons. The predicted octanol–water partition coefficient (Wildman–Crippen LogP) is 2.85. The Morgan fingerprint density at radius 3 is 2.58 bits per heavy atom. The second kappa shape index (κ2) is 5.35. The van der Waals surface area contributed by atoms with Crippen LogP contribution in [-0.2, 0) is 6.61 Å². The Bertz CT molecular complexity index is 618. The molecule has 0 atom stereocenters. The summed E-state index contributed by atoms with van der Waals surface area (Å²) in [5.74, 6) is 0.840. The minimum atomic E-state index is 0.526. The van der Waals surface area contributed by atoms with Crippen LogP contribution in [0.15, 0.2) is 67.5 Å². The Morgan fingerprint density at radius 2 is 1.89 bits per heavy atom. The Labute approximate surface area is 111 Å². The number of benzene rings is 1. The first-order valence-electron chi connectivity index (χ1n) is 6.02. The van der Waals surface area contributed by atoms with Crippen LogP contribution in [0.2, 0.25) is 0 Å². The number of ether oxygens (including phenoxy) is 1. The van der Waals surface area contributed by atoms with Crippen LogP contribution in [0.5, 0.6) is 5.75 Å². The molecule has 0 N–H and O–H groups in total. The third kappa shape index (κ3) is 2.80. The number of aromatic nitrogens is 3. The smallest absolute Gasteiger partial charge is 0.119 e. The number of imidazole rings is 1. The molecule has 0 radical (unpaired) electrons. The van der Waals surface area contributed by atoms with Crippen LogP contribution in [0, 0.1) is 0 Å². The van der Waals surface area contributed by atoms with Crippen molar-refractivity contribution in [1.29, 1.82) is 0 Å². The van der Waals surface area contributed by atoms with Gasteiger partial charge in [0.25, 0.3) is 0 Å². The molecule has 0 aliphatic carbocycles. The summed E-state index contributed by atoms with van der Waals surface area (Å²) in [5.41, 5.74) is 2.12. The molecule has 0 saturated heterocycles. The van der Waals surface area contributed by atoms with E-state index < -0.39 is 0 Å². The monoisotopic (exact) mass is 251 g/mol. The average Bonchev–Trinajstić information content (AvgIpc) is 3.01. The lowest BCUT2D eigenvalue weighted by atomic mass is 10.3. The minimum Gasteiger partial charge on any atom is -0.489 e. The molecule has 19 heavy (non-hydrogen) atoms. The highest BCUT2D eigenvalue weighted by Gasteiger charge is 1.98. The first kappa shape index (κ1) is 11.5. The highest BCUT2D eigenvalue weighted by atomic mass is 16.5. The second-order valence-corrected chi connectivity index (χ2v) is 4.11. The number of nitrogens with zero attached hydrogens (tertiary/aromatic N) is 3. The quantitative estimate of drug-likeness (QED) is 0.715. The fourth-order valence-corrected chi connectivity index (χ4v) is 1.78. The zero-order valence-corrected chi connectivity index (χ0v) is 10.3. The van der Waals surface area contributed by atoms with Gasteiger partial charge < -0.3 is 9.30 Å². The van der Waals surface area contributed by atoms with Crippen molar-refractivity contribution in [3.63, 3.8) is 0 Å². The van der Waals surface area contributed by atoms with Gasteiger partial charge in [0.2, 0.25) is 0 Å². The van der Waals surface area contributed by atoms with E-state index in [-0.39, 0.29) is 0 Å². The Morgan fingerprint density at radius 1 is 1.00 bits per heavy atom. The molecular formula is C15H13N3O. The molecule has 0 amide bonds. The zero-order chi connectivity index (χ0) is 12.9. The van der Waals surface area contributed by atoms with Gasteiger partial charge >= 0.3 is 0 Å². The van der Waals surface area contributed by atoms with E-state index in [0.717, 1.165) is 17.0 Å². The van der Waals surface area contributed by atoms with Crippen LogP contribution in [-0.4, -0.2) is 14.5 Å². The van der Waals surface area contributed by atoms with Crippen LogP contribution in [0.3, 0.4) is 0 Å². The van der Waals surface area contributed by atoms with Gasteiger partial charge in [0.05, 0.1) is 6.33 Å². The van der Waals surface area contributed by atoms with E-state index in [4.69, 9.17) is 4.74 Å². The number of hydrogen-bond acceptors (Lipinski definition) is 3. The normalized spacial score (nSPS) is 10.3. The summed E-state index contributed by atoms with van der Waals surface area (Å²) in [7, 11) is 0. The highest BCUT2D eigenvalue weighted by molar-refractivity contribution is 5.37. The second-order valence-electron chi connectivity index (χ2n) is 4.11. The maximum Gasteiger partial charge on any atom is 0.119 e. The van der Waals surface area contributed by atoms with Gasteiger partial charge in [-0.25, -0.2) is 4.98 Å². The summed E-state index contributed by atoms with van der Waals surface area (Å²) in [4.78, 5) is 8.08. The minimum absolute atomic E-state index is 0.526. The maximum atomic E-state index is 5.70. The predicted molar refractivity (Wildman–Crippen MR) is 72.1 cm³/mol. The summed E-state index contributed by atoms with van der Waals surface area (Å²) in [6.45, 7) is 0.526. The van der Waals surface area contributed by atoms with Crippen LogP contribution in [0.1, 0.15) is 5.56 Å². The zero-order valence-electron chi connectivity index (χ0n) is 10.3. The molecule has 1 aromatic carbocycles. The van der Waals surface area contributed by atoms with Crippen molar-refractivity contribution in [3.05, 3.63) is 73.1 Å². The first-order valence-corrected chi connectivity index (χ1v) is 6.02. The Hall–Kier alpha value is -2.62. The van der Waals surface area contributed by atoms with E-state index in [0.29, 0.717) is 6.61 Å². The molecule has 2 aromatic heterocycles. The molecular weight excluding hydrogens is 238 g/mol. The van der Waals surface area contributed by atoms with Crippen molar-refractivity contribution in [1.82, 2.24) is 14.5 Å². The van der Waals surface area contributed by atoms with E-state index >= 15 is 0 Å². The average molecular weight is 251 g/mol. The summed E-state index contributed by atoms with van der Waals surface area (Å²) in [6.07, 6.45) is 8.99. The maximum absolute atomic E-state index is 5.70. The third-order valence-electron chi connectivity index (χ3n) is 2.77. The molecule has 0 fully saturated rings. The SMILES string of the molecule is c1cncc(COc2ccc(-n3ccnc3)cc2)c1. The molecule has 0 bridgehead atoms. The van der Waals surface area contributed by atoms with Gasteiger partial charge in [-0.05, 0) is 30.3 Å². The van der Waals surface area contributed by atoms with E-state index in [9.17, 15) is 0 Å². The fraction of sp³-hybridized carbons (Fsp3) is 0.0667. The Balaban J connectivity index is 1.67. The van der Waals surface area contributed by atoms with Crippen molar-refractivity contribution in [2.75, 3.05) is 0 Å². The summed E-state index contributed by atoms with van der Waals surface area (Å²) in [5, 5.41) is 0. The van der Waals surface area contributed by atoms with Crippen LogP contribution in [0.25, 0.3) is 5.69 Å². The van der Waals surface area contributed by atoms with Gasteiger partial charge in [-0.15, -0.1) is 0 Å².